The highest BCUT2D eigenvalue weighted by Crippen LogP contribution is 2.14. The van der Waals surface area contributed by atoms with Gasteiger partial charge in [-0.15, -0.1) is 24.0 Å². The van der Waals surface area contributed by atoms with Crippen LogP contribution >= 0.6 is 24.0 Å². The van der Waals surface area contributed by atoms with Crippen molar-refractivity contribution >= 4 is 41.9 Å². The summed E-state index contributed by atoms with van der Waals surface area (Å²) < 4.78 is 4.74. The molecule has 1 saturated heterocycles. The van der Waals surface area contributed by atoms with E-state index in [1.54, 1.807) is 11.9 Å². The van der Waals surface area contributed by atoms with E-state index in [0.717, 1.165) is 12.8 Å². The number of carbonyl (C=O) groups is 2. The zero-order valence-electron chi connectivity index (χ0n) is 15.8. The lowest BCUT2D eigenvalue weighted by Crippen LogP contribution is -2.52. The monoisotopic (exact) mass is 469 g/mol. The van der Waals surface area contributed by atoms with Crippen LogP contribution in [0.1, 0.15) is 33.6 Å². The molecule has 1 heterocycles. The summed E-state index contributed by atoms with van der Waals surface area (Å²) in [7, 11) is 3.10. The van der Waals surface area contributed by atoms with Crippen molar-refractivity contribution in [1.29, 1.82) is 0 Å². The van der Waals surface area contributed by atoms with Gasteiger partial charge < -0.3 is 25.6 Å². The van der Waals surface area contributed by atoms with Crippen LogP contribution in [-0.4, -0.2) is 69.2 Å². The van der Waals surface area contributed by atoms with Gasteiger partial charge in [0.25, 0.3) is 0 Å². The number of methoxy groups -OCH3 is 1. The highest BCUT2D eigenvalue weighted by Gasteiger charge is 2.28. The minimum absolute atomic E-state index is 0. The molecular weight excluding hydrogens is 437 g/mol. The Morgan fingerprint density at radius 2 is 1.84 bits per heavy atom. The molecule has 1 rings (SSSR count). The summed E-state index contributed by atoms with van der Waals surface area (Å²) in [4.78, 5) is 29.4. The molecule has 146 valence electrons. The van der Waals surface area contributed by atoms with Crippen LogP contribution in [0, 0.1) is 5.41 Å². The van der Waals surface area contributed by atoms with Crippen molar-refractivity contribution < 1.29 is 14.3 Å². The Labute approximate surface area is 167 Å². The molecule has 1 aliphatic rings. The van der Waals surface area contributed by atoms with Crippen molar-refractivity contribution in [1.82, 2.24) is 20.9 Å². The van der Waals surface area contributed by atoms with Crippen LogP contribution in [0.5, 0.6) is 0 Å². The molecule has 0 atom stereocenters. The number of hydrogen-bond donors (Lipinski definition) is 3. The second-order valence-electron chi connectivity index (χ2n) is 6.54. The predicted molar refractivity (Wildman–Crippen MR) is 109 cm³/mol. The zero-order valence-corrected chi connectivity index (χ0v) is 18.2. The third kappa shape index (κ3) is 7.66. The Hall–Kier alpha value is -1.26. The van der Waals surface area contributed by atoms with Gasteiger partial charge in [0.1, 0.15) is 0 Å². The SMILES string of the molecule is CCNC(=O)C(C)(C)CNC(=NC)NC1CCN(C(=O)OC)CC1.I. The van der Waals surface area contributed by atoms with E-state index in [1.165, 1.54) is 7.11 Å². The number of ether oxygens (including phenoxy) is 1. The van der Waals surface area contributed by atoms with Gasteiger partial charge in [-0.3, -0.25) is 9.79 Å². The summed E-state index contributed by atoms with van der Waals surface area (Å²) in [6, 6.07) is 0.240. The first kappa shape index (κ1) is 23.7. The summed E-state index contributed by atoms with van der Waals surface area (Å²) in [5, 5.41) is 9.41. The first-order valence-electron chi connectivity index (χ1n) is 8.42. The summed E-state index contributed by atoms with van der Waals surface area (Å²) in [5.41, 5.74) is -0.526. The van der Waals surface area contributed by atoms with E-state index in [0.29, 0.717) is 32.1 Å². The smallest absolute Gasteiger partial charge is 0.409 e. The number of halogens is 1. The first-order valence-corrected chi connectivity index (χ1v) is 8.42. The lowest BCUT2D eigenvalue weighted by atomic mass is 9.92. The van der Waals surface area contributed by atoms with Gasteiger partial charge in [0, 0.05) is 39.3 Å². The summed E-state index contributed by atoms with van der Waals surface area (Å²) in [6.45, 7) is 8.12. The predicted octanol–water partition coefficient (Wildman–Crippen LogP) is 1.16. The van der Waals surface area contributed by atoms with Gasteiger partial charge in [-0.25, -0.2) is 4.79 Å². The molecule has 1 fully saturated rings. The fraction of sp³-hybridized carbons (Fsp3) is 0.812. The molecule has 0 radical (unpaired) electrons. The fourth-order valence-corrected chi connectivity index (χ4v) is 2.51. The number of nitrogens with zero attached hydrogens (tertiary/aromatic N) is 2. The number of rotatable bonds is 5. The number of amides is 2. The summed E-state index contributed by atoms with van der Waals surface area (Å²) in [5.74, 6) is 0.684. The number of aliphatic imine (C=N–C) groups is 1. The molecule has 25 heavy (non-hydrogen) atoms. The highest BCUT2D eigenvalue weighted by molar-refractivity contribution is 14.0. The number of piperidine rings is 1. The zero-order chi connectivity index (χ0) is 18.2. The van der Waals surface area contributed by atoms with Crippen molar-refractivity contribution in [3.63, 3.8) is 0 Å². The second-order valence-corrected chi connectivity index (χ2v) is 6.54. The van der Waals surface area contributed by atoms with Gasteiger partial charge in [-0.2, -0.15) is 0 Å². The van der Waals surface area contributed by atoms with Gasteiger partial charge in [-0.1, -0.05) is 0 Å². The molecule has 9 heteroatoms. The largest absolute Gasteiger partial charge is 0.453 e. The van der Waals surface area contributed by atoms with Gasteiger partial charge in [0.2, 0.25) is 5.91 Å². The van der Waals surface area contributed by atoms with E-state index in [4.69, 9.17) is 4.74 Å². The topological polar surface area (TPSA) is 95.1 Å². The molecule has 0 aromatic heterocycles. The van der Waals surface area contributed by atoms with Gasteiger partial charge in [-0.05, 0) is 33.6 Å². The van der Waals surface area contributed by atoms with Crippen molar-refractivity contribution in [2.45, 2.75) is 39.7 Å². The molecule has 0 unspecified atom stereocenters. The average Bonchev–Trinajstić information content (AvgIpc) is 2.58. The maximum atomic E-state index is 12.0. The van der Waals surface area contributed by atoms with E-state index in [2.05, 4.69) is 20.9 Å². The molecule has 2 amide bonds. The van der Waals surface area contributed by atoms with E-state index in [-0.39, 0.29) is 42.0 Å². The summed E-state index contributed by atoms with van der Waals surface area (Å²) in [6.07, 6.45) is 1.38. The standard InChI is InChI=1S/C16H31N5O3.HI/c1-6-18-13(22)16(2,3)11-19-14(17-4)20-12-7-9-21(10-8-12)15(23)24-5;/h12H,6-11H2,1-5H3,(H,18,22)(H2,17,19,20);1H. The van der Waals surface area contributed by atoms with Crippen molar-refractivity contribution in [3.05, 3.63) is 0 Å². The quantitative estimate of drug-likeness (QED) is 0.319. The van der Waals surface area contributed by atoms with Crippen LogP contribution in [0.3, 0.4) is 0 Å². The lowest BCUT2D eigenvalue weighted by Gasteiger charge is -2.32. The molecule has 0 spiro atoms. The maximum Gasteiger partial charge on any atom is 0.409 e. The molecule has 0 aromatic rings. The third-order valence-corrected chi connectivity index (χ3v) is 4.14. The van der Waals surface area contributed by atoms with Gasteiger partial charge in [0.05, 0.1) is 12.5 Å². The van der Waals surface area contributed by atoms with Crippen molar-refractivity contribution in [2.75, 3.05) is 40.3 Å². The Balaban J connectivity index is 0.00000576. The number of carbonyl (C=O) groups excluding carboxylic acids is 2. The van der Waals surface area contributed by atoms with Gasteiger partial charge in [0.15, 0.2) is 5.96 Å². The second kappa shape index (κ2) is 11.4. The molecule has 8 nitrogen and oxygen atoms in total. The minimum atomic E-state index is -0.526. The number of hydrogen-bond acceptors (Lipinski definition) is 4. The van der Waals surface area contributed by atoms with E-state index >= 15 is 0 Å². The van der Waals surface area contributed by atoms with E-state index in [1.807, 2.05) is 20.8 Å². The number of guanidine groups is 1. The van der Waals surface area contributed by atoms with E-state index in [9.17, 15) is 9.59 Å². The van der Waals surface area contributed by atoms with Gasteiger partial charge >= 0.3 is 6.09 Å². The Bertz CT molecular complexity index is 463. The molecule has 1 aliphatic heterocycles. The molecule has 0 aromatic carbocycles. The van der Waals surface area contributed by atoms with Crippen LogP contribution in [0.2, 0.25) is 0 Å². The number of nitrogens with one attached hydrogen (secondary N) is 3. The first-order chi connectivity index (χ1) is 11.3. The van der Waals surface area contributed by atoms with Crippen LogP contribution in [0.4, 0.5) is 4.79 Å². The molecule has 0 saturated carbocycles. The molecular formula is C16H32IN5O3. The van der Waals surface area contributed by atoms with E-state index < -0.39 is 5.41 Å². The van der Waals surface area contributed by atoms with Crippen LogP contribution in [-0.2, 0) is 9.53 Å². The third-order valence-electron chi connectivity index (χ3n) is 4.14. The maximum absolute atomic E-state index is 12.0. The average molecular weight is 469 g/mol. The molecule has 3 N–H and O–H groups in total. The lowest BCUT2D eigenvalue weighted by molar-refractivity contribution is -0.128. The van der Waals surface area contributed by atoms with Crippen molar-refractivity contribution in [2.24, 2.45) is 10.4 Å². The summed E-state index contributed by atoms with van der Waals surface area (Å²) >= 11 is 0. The highest BCUT2D eigenvalue weighted by atomic mass is 127. The van der Waals surface area contributed by atoms with Crippen LogP contribution in [0.25, 0.3) is 0 Å². The molecule has 0 aliphatic carbocycles. The fourth-order valence-electron chi connectivity index (χ4n) is 2.51. The Morgan fingerprint density at radius 3 is 2.32 bits per heavy atom. The Kier molecular flexibility index (Phi) is 10.8. The minimum Gasteiger partial charge on any atom is -0.453 e. The van der Waals surface area contributed by atoms with Crippen LogP contribution in [0.15, 0.2) is 4.99 Å². The molecule has 0 bridgehead atoms. The normalized spacial score (nSPS) is 15.9. The van der Waals surface area contributed by atoms with Crippen molar-refractivity contribution in [3.8, 4) is 0 Å². The number of likely N-dealkylation sites (tertiary alicyclic amines) is 1. The van der Waals surface area contributed by atoms with Crippen LogP contribution < -0.4 is 16.0 Å². The Morgan fingerprint density at radius 1 is 1.24 bits per heavy atom.